The number of hydrogen-bond donors (Lipinski definition) is 1. The summed E-state index contributed by atoms with van der Waals surface area (Å²) < 4.78 is 6.98. The molecule has 1 unspecified atom stereocenters. The first-order chi connectivity index (χ1) is 12.7. The minimum atomic E-state index is -0.355. The lowest BCUT2D eigenvalue weighted by molar-refractivity contribution is -0.123. The molecule has 3 aromatic rings. The molecule has 0 aliphatic carbocycles. The summed E-state index contributed by atoms with van der Waals surface area (Å²) in [5, 5.41) is 18.5. The average molecular weight is 353 g/mol. The van der Waals surface area contributed by atoms with Crippen LogP contribution in [0.3, 0.4) is 0 Å². The minimum Gasteiger partial charge on any atom is -0.346 e. The van der Waals surface area contributed by atoms with Crippen LogP contribution < -0.4 is 5.32 Å². The van der Waals surface area contributed by atoms with Crippen molar-refractivity contribution in [2.24, 2.45) is 0 Å². The van der Waals surface area contributed by atoms with Crippen LogP contribution in [0.4, 0.5) is 0 Å². The molecule has 0 bridgehead atoms. The van der Waals surface area contributed by atoms with Crippen LogP contribution in [0, 0.1) is 6.92 Å². The summed E-state index contributed by atoms with van der Waals surface area (Å²) in [6.45, 7) is 2.91. The van der Waals surface area contributed by atoms with Crippen LogP contribution in [0.5, 0.6) is 0 Å². The van der Waals surface area contributed by atoms with Gasteiger partial charge in [-0.05, 0) is 35.8 Å². The van der Waals surface area contributed by atoms with Gasteiger partial charge in [-0.2, -0.15) is 4.98 Å². The fraction of sp³-hybridized carbons (Fsp3) is 0.412. The third kappa shape index (κ3) is 3.19. The Balaban J connectivity index is 1.44. The predicted molar refractivity (Wildman–Crippen MR) is 90.7 cm³/mol. The Morgan fingerprint density at radius 1 is 1.35 bits per heavy atom. The van der Waals surface area contributed by atoms with Crippen molar-refractivity contribution in [2.75, 3.05) is 0 Å². The lowest BCUT2D eigenvalue weighted by Crippen LogP contribution is -2.30. The highest BCUT2D eigenvalue weighted by molar-refractivity contribution is 5.82. The Bertz CT molecular complexity index is 917. The number of rotatable bonds is 4. The molecule has 134 valence electrons. The summed E-state index contributed by atoms with van der Waals surface area (Å²) in [6.07, 6.45) is 2.64. The van der Waals surface area contributed by atoms with E-state index < -0.39 is 0 Å². The van der Waals surface area contributed by atoms with Gasteiger partial charge in [-0.25, -0.2) is 4.68 Å². The normalized spacial score (nSPS) is 16.7. The Labute approximate surface area is 149 Å². The summed E-state index contributed by atoms with van der Waals surface area (Å²) in [5.41, 5.74) is 1.98. The fourth-order valence-electron chi connectivity index (χ4n) is 3.15. The van der Waals surface area contributed by atoms with Crippen molar-refractivity contribution in [2.45, 2.75) is 45.2 Å². The zero-order valence-electron chi connectivity index (χ0n) is 14.4. The molecule has 0 saturated heterocycles. The standard InChI is InChI=1S/C17H19N7O2/c1-11-6-2-3-7-12(11)15-19-14(26-21-15)10-18-17(25)13-8-4-5-9-24-16(13)20-22-23-24/h2-3,6-7,13H,4-5,8-10H2,1H3,(H,18,25). The number of nitrogens with zero attached hydrogens (tertiary/aromatic N) is 6. The zero-order chi connectivity index (χ0) is 17.9. The maximum atomic E-state index is 12.6. The van der Waals surface area contributed by atoms with Crippen LogP contribution in [0.1, 0.15) is 42.5 Å². The first-order valence-electron chi connectivity index (χ1n) is 8.65. The average Bonchev–Trinajstić information content (AvgIpc) is 3.26. The zero-order valence-corrected chi connectivity index (χ0v) is 14.4. The van der Waals surface area contributed by atoms with Gasteiger partial charge in [0.15, 0.2) is 5.82 Å². The van der Waals surface area contributed by atoms with Crippen molar-refractivity contribution in [3.8, 4) is 11.4 Å². The number of tetrazole rings is 1. The van der Waals surface area contributed by atoms with Gasteiger partial charge in [-0.15, -0.1) is 5.10 Å². The summed E-state index contributed by atoms with van der Waals surface area (Å²) in [6, 6.07) is 7.81. The number of amides is 1. The number of carbonyl (C=O) groups is 1. The quantitative estimate of drug-likeness (QED) is 0.758. The van der Waals surface area contributed by atoms with Crippen molar-refractivity contribution < 1.29 is 9.32 Å². The molecule has 9 heteroatoms. The largest absolute Gasteiger partial charge is 0.346 e. The predicted octanol–water partition coefficient (Wildman–Crippen LogP) is 1.62. The molecule has 26 heavy (non-hydrogen) atoms. The fourth-order valence-corrected chi connectivity index (χ4v) is 3.15. The topological polar surface area (TPSA) is 112 Å². The van der Waals surface area contributed by atoms with E-state index in [0.717, 1.165) is 36.9 Å². The summed E-state index contributed by atoms with van der Waals surface area (Å²) in [7, 11) is 0. The Hall–Kier alpha value is -3.10. The second kappa shape index (κ2) is 7.03. The molecule has 0 radical (unpaired) electrons. The van der Waals surface area contributed by atoms with Crippen LogP contribution >= 0.6 is 0 Å². The monoisotopic (exact) mass is 353 g/mol. The summed E-state index contributed by atoms with van der Waals surface area (Å²) in [5.74, 6) is 1.02. The van der Waals surface area contributed by atoms with Gasteiger partial charge in [-0.3, -0.25) is 4.79 Å². The molecule has 1 aromatic carbocycles. The van der Waals surface area contributed by atoms with E-state index in [9.17, 15) is 4.79 Å². The second-order valence-electron chi connectivity index (χ2n) is 6.35. The van der Waals surface area contributed by atoms with Crippen LogP contribution in [-0.2, 0) is 17.9 Å². The molecule has 0 saturated carbocycles. The molecular weight excluding hydrogens is 334 g/mol. The molecular formula is C17H19N7O2. The highest BCUT2D eigenvalue weighted by Crippen LogP contribution is 2.24. The van der Waals surface area contributed by atoms with Gasteiger partial charge < -0.3 is 9.84 Å². The van der Waals surface area contributed by atoms with Crippen LogP contribution in [0.25, 0.3) is 11.4 Å². The number of aryl methyl sites for hydroxylation is 2. The van der Waals surface area contributed by atoms with Crippen molar-refractivity contribution in [1.29, 1.82) is 0 Å². The minimum absolute atomic E-state index is 0.126. The maximum absolute atomic E-state index is 12.6. The molecule has 0 fully saturated rings. The number of hydrogen-bond acceptors (Lipinski definition) is 7. The van der Waals surface area contributed by atoms with Gasteiger partial charge in [0.25, 0.3) is 0 Å². The Morgan fingerprint density at radius 3 is 3.12 bits per heavy atom. The van der Waals surface area contributed by atoms with Gasteiger partial charge in [0.2, 0.25) is 17.6 Å². The van der Waals surface area contributed by atoms with Gasteiger partial charge in [0.05, 0.1) is 12.5 Å². The van der Waals surface area contributed by atoms with Crippen molar-refractivity contribution in [3.63, 3.8) is 0 Å². The number of benzene rings is 1. The lowest BCUT2D eigenvalue weighted by atomic mass is 10.0. The summed E-state index contributed by atoms with van der Waals surface area (Å²) >= 11 is 0. The molecule has 0 spiro atoms. The summed E-state index contributed by atoms with van der Waals surface area (Å²) in [4.78, 5) is 17.0. The Kier molecular flexibility index (Phi) is 4.42. The van der Waals surface area contributed by atoms with E-state index in [1.165, 1.54) is 0 Å². The van der Waals surface area contributed by atoms with Gasteiger partial charge >= 0.3 is 0 Å². The van der Waals surface area contributed by atoms with E-state index in [2.05, 4.69) is 31.0 Å². The molecule has 3 heterocycles. The molecule has 1 aliphatic rings. The first-order valence-corrected chi connectivity index (χ1v) is 8.65. The molecule has 9 nitrogen and oxygen atoms in total. The van der Waals surface area contributed by atoms with Crippen LogP contribution in [0.15, 0.2) is 28.8 Å². The van der Waals surface area contributed by atoms with E-state index in [4.69, 9.17) is 4.52 Å². The van der Waals surface area contributed by atoms with E-state index in [1.54, 1.807) is 4.68 Å². The third-order valence-electron chi connectivity index (χ3n) is 4.57. The molecule has 4 rings (SSSR count). The molecule has 1 amide bonds. The second-order valence-corrected chi connectivity index (χ2v) is 6.35. The highest BCUT2D eigenvalue weighted by atomic mass is 16.5. The van der Waals surface area contributed by atoms with Crippen molar-refractivity contribution in [3.05, 3.63) is 41.5 Å². The number of carbonyl (C=O) groups excluding carboxylic acids is 1. The Morgan fingerprint density at radius 2 is 2.23 bits per heavy atom. The third-order valence-corrected chi connectivity index (χ3v) is 4.57. The smallest absolute Gasteiger partial charge is 0.246 e. The lowest BCUT2D eigenvalue weighted by Gasteiger charge is -2.12. The van der Waals surface area contributed by atoms with Gasteiger partial charge in [0, 0.05) is 12.1 Å². The molecule has 1 N–H and O–H groups in total. The number of fused-ring (bicyclic) bond motifs is 1. The van der Waals surface area contributed by atoms with Crippen molar-refractivity contribution >= 4 is 5.91 Å². The van der Waals surface area contributed by atoms with Gasteiger partial charge in [-0.1, -0.05) is 35.8 Å². The highest BCUT2D eigenvalue weighted by Gasteiger charge is 2.28. The number of aromatic nitrogens is 6. The van der Waals surface area contributed by atoms with Crippen molar-refractivity contribution in [1.82, 2.24) is 35.7 Å². The SMILES string of the molecule is Cc1ccccc1-c1noc(CNC(=O)C2CCCCn3nnnc32)n1. The van der Waals surface area contributed by atoms with E-state index in [-0.39, 0.29) is 18.4 Å². The molecule has 2 aromatic heterocycles. The van der Waals surface area contributed by atoms with E-state index in [0.29, 0.717) is 17.5 Å². The number of nitrogens with one attached hydrogen (secondary N) is 1. The van der Waals surface area contributed by atoms with E-state index in [1.807, 2.05) is 31.2 Å². The molecule has 1 aliphatic heterocycles. The van der Waals surface area contributed by atoms with Gasteiger partial charge in [0.1, 0.15) is 0 Å². The van der Waals surface area contributed by atoms with Crippen LogP contribution in [0.2, 0.25) is 0 Å². The molecule has 1 atom stereocenters. The van der Waals surface area contributed by atoms with E-state index >= 15 is 0 Å². The maximum Gasteiger partial charge on any atom is 0.246 e. The first kappa shape index (κ1) is 16.4. The van der Waals surface area contributed by atoms with Crippen LogP contribution in [-0.4, -0.2) is 36.3 Å².